The second-order valence-corrected chi connectivity index (χ2v) is 4.66. The molecule has 1 aliphatic carbocycles. The Bertz CT molecular complexity index is 276. The SMILES string of the molecule is Cc1nc(C2CCC2)c(CN)s1. The van der Waals surface area contributed by atoms with Gasteiger partial charge in [0.15, 0.2) is 0 Å². The molecule has 1 aliphatic rings. The number of aromatic nitrogens is 1. The van der Waals surface area contributed by atoms with Crippen LogP contribution in [-0.4, -0.2) is 4.98 Å². The van der Waals surface area contributed by atoms with Crippen molar-refractivity contribution in [3.63, 3.8) is 0 Å². The molecule has 0 unspecified atom stereocenters. The maximum Gasteiger partial charge on any atom is 0.0900 e. The van der Waals surface area contributed by atoms with Crippen LogP contribution in [0.1, 0.15) is 40.8 Å². The topological polar surface area (TPSA) is 38.9 Å². The summed E-state index contributed by atoms with van der Waals surface area (Å²) in [5.74, 6) is 0.730. The molecular weight excluding hydrogens is 168 g/mol. The molecule has 0 radical (unpaired) electrons. The van der Waals surface area contributed by atoms with E-state index in [1.54, 1.807) is 11.3 Å². The van der Waals surface area contributed by atoms with Crippen LogP contribution in [0.3, 0.4) is 0 Å². The molecule has 0 aliphatic heterocycles. The van der Waals surface area contributed by atoms with Crippen molar-refractivity contribution < 1.29 is 0 Å². The first kappa shape index (κ1) is 8.20. The minimum Gasteiger partial charge on any atom is -0.326 e. The summed E-state index contributed by atoms with van der Waals surface area (Å²) in [5.41, 5.74) is 6.95. The number of rotatable bonds is 2. The minimum absolute atomic E-state index is 0.664. The fourth-order valence-corrected chi connectivity index (χ4v) is 2.53. The van der Waals surface area contributed by atoms with Gasteiger partial charge in [-0.05, 0) is 19.8 Å². The third-order valence-electron chi connectivity index (χ3n) is 2.51. The molecule has 0 amide bonds. The van der Waals surface area contributed by atoms with Crippen LogP contribution >= 0.6 is 11.3 Å². The summed E-state index contributed by atoms with van der Waals surface area (Å²) >= 11 is 1.76. The van der Waals surface area contributed by atoms with Crippen molar-refractivity contribution in [1.82, 2.24) is 4.98 Å². The van der Waals surface area contributed by atoms with E-state index in [4.69, 9.17) is 5.73 Å². The van der Waals surface area contributed by atoms with E-state index in [2.05, 4.69) is 11.9 Å². The molecule has 0 aromatic carbocycles. The smallest absolute Gasteiger partial charge is 0.0900 e. The van der Waals surface area contributed by atoms with Gasteiger partial charge in [0.25, 0.3) is 0 Å². The standard InChI is InChI=1S/C9H14N2S/c1-6-11-9(7-3-2-4-7)8(5-10)12-6/h7H,2-5,10H2,1H3. The summed E-state index contributed by atoms with van der Waals surface area (Å²) in [6.07, 6.45) is 4.00. The lowest BCUT2D eigenvalue weighted by molar-refractivity contribution is 0.410. The van der Waals surface area contributed by atoms with Gasteiger partial charge >= 0.3 is 0 Å². The largest absolute Gasteiger partial charge is 0.326 e. The average Bonchev–Trinajstić information content (AvgIpc) is 2.27. The molecule has 0 bridgehead atoms. The van der Waals surface area contributed by atoms with Crippen molar-refractivity contribution in [2.75, 3.05) is 0 Å². The van der Waals surface area contributed by atoms with Gasteiger partial charge in [-0.2, -0.15) is 0 Å². The van der Waals surface area contributed by atoms with E-state index in [1.807, 2.05) is 0 Å². The number of hydrogen-bond acceptors (Lipinski definition) is 3. The Morgan fingerprint density at radius 1 is 1.58 bits per heavy atom. The lowest BCUT2D eigenvalue weighted by Crippen LogP contribution is -2.12. The molecule has 1 aromatic rings. The molecule has 1 fully saturated rings. The molecule has 12 heavy (non-hydrogen) atoms. The zero-order valence-electron chi connectivity index (χ0n) is 7.34. The van der Waals surface area contributed by atoms with Crippen LogP contribution in [0.2, 0.25) is 0 Å². The molecule has 0 saturated heterocycles. The first-order chi connectivity index (χ1) is 5.81. The van der Waals surface area contributed by atoms with Crippen molar-refractivity contribution in [3.05, 3.63) is 15.6 Å². The van der Waals surface area contributed by atoms with Gasteiger partial charge in [-0.1, -0.05) is 6.42 Å². The molecule has 1 aromatic heterocycles. The monoisotopic (exact) mass is 182 g/mol. The number of nitrogens with two attached hydrogens (primary N) is 1. The van der Waals surface area contributed by atoms with Crippen molar-refractivity contribution in [1.29, 1.82) is 0 Å². The molecule has 1 heterocycles. The van der Waals surface area contributed by atoms with E-state index in [1.165, 1.54) is 29.8 Å². The summed E-state index contributed by atoms with van der Waals surface area (Å²) in [6, 6.07) is 0. The second-order valence-electron chi connectivity index (χ2n) is 3.37. The zero-order chi connectivity index (χ0) is 8.55. The van der Waals surface area contributed by atoms with E-state index in [0.717, 1.165) is 10.9 Å². The maximum absolute atomic E-state index is 5.65. The number of aryl methyl sites for hydroxylation is 1. The predicted molar refractivity (Wildman–Crippen MR) is 51.3 cm³/mol. The fourth-order valence-electron chi connectivity index (χ4n) is 1.63. The third-order valence-corrected chi connectivity index (χ3v) is 3.52. The van der Waals surface area contributed by atoms with Gasteiger partial charge in [-0.15, -0.1) is 11.3 Å². The Kier molecular flexibility index (Phi) is 2.15. The van der Waals surface area contributed by atoms with Gasteiger partial charge in [0.2, 0.25) is 0 Å². The highest BCUT2D eigenvalue weighted by molar-refractivity contribution is 7.11. The lowest BCUT2D eigenvalue weighted by Gasteiger charge is -2.24. The van der Waals surface area contributed by atoms with Crippen molar-refractivity contribution in [2.24, 2.45) is 5.73 Å². The van der Waals surface area contributed by atoms with E-state index in [0.29, 0.717) is 6.54 Å². The van der Waals surface area contributed by atoms with Crippen LogP contribution in [0, 0.1) is 6.92 Å². The summed E-state index contributed by atoms with van der Waals surface area (Å²) in [7, 11) is 0. The highest BCUT2D eigenvalue weighted by atomic mass is 32.1. The molecular formula is C9H14N2S. The Morgan fingerprint density at radius 2 is 2.33 bits per heavy atom. The van der Waals surface area contributed by atoms with Crippen LogP contribution < -0.4 is 5.73 Å². The molecule has 1 saturated carbocycles. The molecule has 3 heteroatoms. The van der Waals surface area contributed by atoms with Crippen LogP contribution in [-0.2, 0) is 6.54 Å². The molecule has 2 N–H and O–H groups in total. The average molecular weight is 182 g/mol. The van der Waals surface area contributed by atoms with E-state index >= 15 is 0 Å². The molecule has 2 nitrogen and oxygen atoms in total. The fraction of sp³-hybridized carbons (Fsp3) is 0.667. The highest BCUT2D eigenvalue weighted by Crippen LogP contribution is 2.38. The van der Waals surface area contributed by atoms with E-state index < -0.39 is 0 Å². The molecule has 2 rings (SSSR count). The summed E-state index contributed by atoms with van der Waals surface area (Å²) in [4.78, 5) is 5.84. The Hall–Kier alpha value is -0.410. The molecule has 0 atom stereocenters. The maximum atomic E-state index is 5.65. The second kappa shape index (κ2) is 3.15. The summed E-state index contributed by atoms with van der Waals surface area (Å²) in [5, 5.41) is 1.16. The summed E-state index contributed by atoms with van der Waals surface area (Å²) < 4.78 is 0. The lowest BCUT2D eigenvalue weighted by atomic mass is 9.82. The molecule has 0 spiro atoms. The Morgan fingerprint density at radius 3 is 2.83 bits per heavy atom. The van der Waals surface area contributed by atoms with Gasteiger partial charge in [-0.3, -0.25) is 0 Å². The van der Waals surface area contributed by atoms with Gasteiger partial charge in [0.1, 0.15) is 0 Å². The quantitative estimate of drug-likeness (QED) is 0.761. The van der Waals surface area contributed by atoms with Gasteiger partial charge in [0, 0.05) is 17.3 Å². The Balaban J connectivity index is 2.27. The first-order valence-electron chi connectivity index (χ1n) is 4.47. The number of thiazole rings is 1. The predicted octanol–water partition coefficient (Wildman–Crippen LogP) is 2.18. The van der Waals surface area contributed by atoms with Crippen molar-refractivity contribution >= 4 is 11.3 Å². The minimum atomic E-state index is 0.664. The van der Waals surface area contributed by atoms with Crippen LogP contribution in [0.25, 0.3) is 0 Å². The van der Waals surface area contributed by atoms with Crippen LogP contribution in [0.4, 0.5) is 0 Å². The van der Waals surface area contributed by atoms with Crippen LogP contribution in [0.15, 0.2) is 0 Å². The van der Waals surface area contributed by atoms with E-state index in [-0.39, 0.29) is 0 Å². The zero-order valence-corrected chi connectivity index (χ0v) is 8.16. The van der Waals surface area contributed by atoms with E-state index in [9.17, 15) is 0 Å². The van der Waals surface area contributed by atoms with Crippen LogP contribution in [0.5, 0.6) is 0 Å². The number of nitrogens with zero attached hydrogens (tertiary/aromatic N) is 1. The first-order valence-corrected chi connectivity index (χ1v) is 5.29. The molecule has 66 valence electrons. The highest BCUT2D eigenvalue weighted by Gasteiger charge is 2.24. The van der Waals surface area contributed by atoms with Crippen molar-refractivity contribution in [3.8, 4) is 0 Å². The van der Waals surface area contributed by atoms with Crippen molar-refractivity contribution in [2.45, 2.75) is 38.6 Å². The third kappa shape index (κ3) is 1.27. The number of hydrogen-bond donors (Lipinski definition) is 1. The van der Waals surface area contributed by atoms with Gasteiger partial charge in [0.05, 0.1) is 10.7 Å². The van der Waals surface area contributed by atoms with Gasteiger partial charge in [-0.25, -0.2) is 4.98 Å². The summed E-state index contributed by atoms with van der Waals surface area (Å²) in [6.45, 7) is 2.73. The Labute approximate surface area is 76.8 Å². The normalized spacial score (nSPS) is 17.8. The van der Waals surface area contributed by atoms with Gasteiger partial charge < -0.3 is 5.73 Å².